The standard InChI is InChI=1S/C19H30N2O3/c1-15-8-12-21(13-9-15)11-5-10-20-19(22)16(2)24-18-7-4-6-17(14-18)23-3/h4,6-7,14-16H,5,8-13H2,1-3H3,(H,20,22). The summed E-state index contributed by atoms with van der Waals surface area (Å²) in [6.07, 6.45) is 3.04. The number of rotatable bonds is 8. The van der Waals surface area contributed by atoms with Crippen LogP contribution in [0.3, 0.4) is 0 Å². The second-order valence-electron chi connectivity index (χ2n) is 6.61. The molecular formula is C19H30N2O3. The Morgan fingerprint density at radius 2 is 2.04 bits per heavy atom. The number of benzene rings is 1. The molecule has 5 nitrogen and oxygen atoms in total. The van der Waals surface area contributed by atoms with E-state index in [0.717, 1.165) is 24.6 Å². The Balaban J connectivity index is 1.64. The third-order valence-electron chi connectivity index (χ3n) is 4.55. The highest BCUT2D eigenvalue weighted by molar-refractivity contribution is 5.80. The van der Waals surface area contributed by atoms with Gasteiger partial charge in [-0.1, -0.05) is 13.0 Å². The second-order valence-corrected chi connectivity index (χ2v) is 6.61. The van der Waals surface area contributed by atoms with Gasteiger partial charge in [-0.05, 0) is 63.9 Å². The minimum Gasteiger partial charge on any atom is -0.497 e. The van der Waals surface area contributed by atoms with Crippen LogP contribution in [-0.4, -0.2) is 50.2 Å². The van der Waals surface area contributed by atoms with Crippen molar-refractivity contribution < 1.29 is 14.3 Å². The van der Waals surface area contributed by atoms with E-state index in [1.54, 1.807) is 20.1 Å². The lowest BCUT2D eigenvalue weighted by Gasteiger charge is -2.30. The van der Waals surface area contributed by atoms with E-state index in [1.165, 1.54) is 25.9 Å². The van der Waals surface area contributed by atoms with Crippen LogP contribution in [0.5, 0.6) is 11.5 Å². The van der Waals surface area contributed by atoms with Crippen LogP contribution in [0, 0.1) is 5.92 Å². The molecule has 134 valence electrons. The number of amides is 1. The lowest BCUT2D eigenvalue weighted by atomic mass is 9.99. The largest absolute Gasteiger partial charge is 0.497 e. The summed E-state index contributed by atoms with van der Waals surface area (Å²) in [4.78, 5) is 14.6. The Morgan fingerprint density at radius 3 is 2.75 bits per heavy atom. The van der Waals surface area contributed by atoms with E-state index in [9.17, 15) is 4.79 Å². The van der Waals surface area contributed by atoms with Crippen molar-refractivity contribution in [3.05, 3.63) is 24.3 Å². The monoisotopic (exact) mass is 334 g/mol. The van der Waals surface area contributed by atoms with Gasteiger partial charge in [0.25, 0.3) is 5.91 Å². The predicted molar refractivity (Wildman–Crippen MR) is 95.5 cm³/mol. The van der Waals surface area contributed by atoms with Gasteiger partial charge in [0.15, 0.2) is 6.10 Å². The van der Waals surface area contributed by atoms with Gasteiger partial charge in [0.05, 0.1) is 7.11 Å². The van der Waals surface area contributed by atoms with Gasteiger partial charge in [-0.25, -0.2) is 0 Å². The van der Waals surface area contributed by atoms with Crippen molar-refractivity contribution in [3.63, 3.8) is 0 Å². The highest BCUT2D eigenvalue weighted by Crippen LogP contribution is 2.20. The number of carbonyl (C=O) groups is 1. The van der Waals surface area contributed by atoms with Crippen LogP contribution < -0.4 is 14.8 Å². The van der Waals surface area contributed by atoms with Gasteiger partial charge in [0, 0.05) is 12.6 Å². The van der Waals surface area contributed by atoms with Crippen LogP contribution in [0.15, 0.2) is 24.3 Å². The maximum atomic E-state index is 12.1. The predicted octanol–water partition coefficient (Wildman–Crippen LogP) is 2.70. The van der Waals surface area contributed by atoms with Crippen molar-refractivity contribution in [1.29, 1.82) is 0 Å². The van der Waals surface area contributed by atoms with E-state index in [1.807, 2.05) is 18.2 Å². The number of hydrogen-bond acceptors (Lipinski definition) is 4. The lowest BCUT2D eigenvalue weighted by Crippen LogP contribution is -2.39. The molecule has 0 spiro atoms. The highest BCUT2D eigenvalue weighted by Gasteiger charge is 2.16. The van der Waals surface area contributed by atoms with E-state index in [0.29, 0.717) is 12.3 Å². The molecule has 1 aromatic rings. The summed E-state index contributed by atoms with van der Waals surface area (Å²) in [7, 11) is 1.61. The molecule has 0 bridgehead atoms. The molecular weight excluding hydrogens is 304 g/mol. The molecule has 1 amide bonds. The first-order valence-corrected chi connectivity index (χ1v) is 8.89. The Kier molecular flexibility index (Phi) is 7.37. The molecule has 1 saturated heterocycles. The SMILES string of the molecule is COc1cccc(OC(C)C(=O)NCCCN2CCC(C)CC2)c1. The number of hydrogen-bond donors (Lipinski definition) is 1. The van der Waals surface area contributed by atoms with Gasteiger partial charge in [0.1, 0.15) is 11.5 Å². The summed E-state index contributed by atoms with van der Waals surface area (Å²) in [5.41, 5.74) is 0. The topological polar surface area (TPSA) is 50.8 Å². The van der Waals surface area contributed by atoms with Crippen molar-refractivity contribution >= 4 is 5.91 Å². The number of nitrogens with zero attached hydrogens (tertiary/aromatic N) is 1. The number of ether oxygens (including phenoxy) is 2. The molecule has 5 heteroatoms. The zero-order chi connectivity index (χ0) is 17.4. The number of nitrogens with one attached hydrogen (secondary N) is 1. The molecule has 1 aliphatic heterocycles. The summed E-state index contributed by atoms with van der Waals surface area (Å²) < 4.78 is 10.8. The minimum atomic E-state index is -0.520. The summed E-state index contributed by atoms with van der Waals surface area (Å²) >= 11 is 0. The molecule has 1 unspecified atom stereocenters. The number of carbonyl (C=O) groups excluding carboxylic acids is 1. The first-order valence-electron chi connectivity index (χ1n) is 8.89. The molecule has 1 fully saturated rings. The molecule has 0 radical (unpaired) electrons. The molecule has 0 aliphatic carbocycles. The molecule has 24 heavy (non-hydrogen) atoms. The fourth-order valence-corrected chi connectivity index (χ4v) is 2.88. The van der Waals surface area contributed by atoms with Gasteiger partial charge in [-0.2, -0.15) is 0 Å². The maximum Gasteiger partial charge on any atom is 0.260 e. The van der Waals surface area contributed by atoms with Crippen molar-refractivity contribution in [1.82, 2.24) is 10.2 Å². The summed E-state index contributed by atoms with van der Waals surface area (Å²) in [5, 5.41) is 2.96. The average molecular weight is 334 g/mol. The van der Waals surface area contributed by atoms with Crippen LogP contribution in [-0.2, 0) is 4.79 Å². The molecule has 1 heterocycles. The zero-order valence-electron chi connectivity index (χ0n) is 15.1. The van der Waals surface area contributed by atoms with Gasteiger partial charge < -0.3 is 19.7 Å². The quantitative estimate of drug-likeness (QED) is 0.743. The van der Waals surface area contributed by atoms with Crippen molar-refractivity contribution in [2.45, 2.75) is 39.2 Å². The second kappa shape index (κ2) is 9.52. The van der Waals surface area contributed by atoms with Crippen LogP contribution in [0.2, 0.25) is 0 Å². The number of likely N-dealkylation sites (tertiary alicyclic amines) is 1. The highest BCUT2D eigenvalue weighted by atomic mass is 16.5. The average Bonchev–Trinajstić information content (AvgIpc) is 2.60. The molecule has 1 atom stereocenters. The Bertz CT molecular complexity index is 513. The van der Waals surface area contributed by atoms with E-state index >= 15 is 0 Å². The Hall–Kier alpha value is -1.75. The van der Waals surface area contributed by atoms with Crippen LogP contribution >= 0.6 is 0 Å². The van der Waals surface area contributed by atoms with Gasteiger partial charge in [0.2, 0.25) is 0 Å². The summed E-state index contributed by atoms with van der Waals surface area (Å²) in [6, 6.07) is 7.29. The first kappa shape index (κ1) is 18.6. The Morgan fingerprint density at radius 1 is 1.33 bits per heavy atom. The number of piperidine rings is 1. The molecule has 1 aromatic carbocycles. The van der Waals surface area contributed by atoms with Crippen molar-refractivity contribution in [2.24, 2.45) is 5.92 Å². The fourth-order valence-electron chi connectivity index (χ4n) is 2.88. The third-order valence-corrected chi connectivity index (χ3v) is 4.55. The molecule has 1 aliphatic rings. The fraction of sp³-hybridized carbons (Fsp3) is 0.632. The minimum absolute atomic E-state index is 0.0786. The van der Waals surface area contributed by atoms with E-state index in [2.05, 4.69) is 17.1 Å². The lowest BCUT2D eigenvalue weighted by molar-refractivity contribution is -0.127. The zero-order valence-corrected chi connectivity index (χ0v) is 15.1. The molecule has 2 rings (SSSR count). The van der Waals surface area contributed by atoms with Crippen molar-refractivity contribution in [2.75, 3.05) is 33.3 Å². The summed E-state index contributed by atoms with van der Waals surface area (Å²) in [5.74, 6) is 2.14. The number of methoxy groups -OCH3 is 1. The van der Waals surface area contributed by atoms with E-state index < -0.39 is 6.10 Å². The van der Waals surface area contributed by atoms with Crippen molar-refractivity contribution in [3.8, 4) is 11.5 Å². The third kappa shape index (κ3) is 6.04. The Labute approximate surface area is 145 Å². The molecule has 0 saturated carbocycles. The smallest absolute Gasteiger partial charge is 0.260 e. The van der Waals surface area contributed by atoms with Gasteiger partial charge in [-0.3, -0.25) is 4.79 Å². The first-order chi connectivity index (χ1) is 11.6. The van der Waals surface area contributed by atoms with Crippen LogP contribution in [0.25, 0.3) is 0 Å². The summed E-state index contributed by atoms with van der Waals surface area (Å²) in [6.45, 7) is 8.20. The molecule has 1 N–H and O–H groups in total. The van der Waals surface area contributed by atoms with Crippen LogP contribution in [0.1, 0.15) is 33.1 Å². The maximum absolute atomic E-state index is 12.1. The normalized spacial score (nSPS) is 17.3. The molecule has 0 aromatic heterocycles. The van der Waals surface area contributed by atoms with Crippen LogP contribution in [0.4, 0.5) is 0 Å². The van der Waals surface area contributed by atoms with Gasteiger partial charge in [-0.15, -0.1) is 0 Å². The van der Waals surface area contributed by atoms with E-state index in [4.69, 9.17) is 9.47 Å². The van der Waals surface area contributed by atoms with Gasteiger partial charge >= 0.3 is 0 Å². The van der Waals surface area contributed by atoms with E-state index in [-0.39, 0.29) is 5.91 Å².